The molecule has 4 rings (SSSR count). The van der Waals surface area contributed by atoms with Crippen molar-refractivity contribution in [2.24, 2.45) is 5.92 Å². The number of hydrogen-bond acceptors (Lipinski definition) is 5. The number of esters is 1. The summed E-state index contributed by atoms with van der Waals surface area (Å²) in [5, 5.41) is 2.99. The number of rotatable bonds is 8. The normalized spacial score (nSPS) is 21.4. The fourth-order valence-corrected chi connectivity index (χ4v) is 4.58. The molecular formula is C26H34N4O4. The highest BCUT2D eigenvalue weighted by molar-refractivity contribution is 5.95. The molecule has 3 amide bonds. The maximum absolute atomic E-state index is 13.2. The summed E-state index contributed by atoms with van der Waals surface area (Å²) in [6.45, 7) is 11.2. The molecular weight excluding hydrogens is 432 g/mol. The lowest BCUT2D eigenvalue weighted by molar-refractivity contribution is -0.139. The predicted octanol–water partition coefficient (Wildman–Crippen LogP) is 2.62. The largest absolute Gasteiger partial charge is 0.463 e. The number of nitrogens with one attached hydrogen (secondary N) is 1. The summed E-state index contributed by atoms with van der Waals surface area (Å²) < 4.78 is 5.45. The smallest absolute Gasteiger partial charge is 0.338 e. The average molecular weight is 467 g/mol. The summed E-state index contributed by atoms with van der Waals surface area (Å²) in [6, 6.07) is 6.94. The molecule has 0 radical (unpaired) electrons. The molecule has 0 aromatic heterocycles. The van der Waals surface area contributed by atoms with Crippen LogP contribution in [0, 0.1) is 12.8 Å². The first-order valence-corrected chi connectivity index (χ1v) is 12.1. The molecule has 1 saturated heterocycles. The van der Waals surface area contributed by atoms with Crippen LogP contribution in [0.3, 0.4) is 0 Å². The molecule has 1 saturated carbocycles. The molecule has 3 aliphatic rings. The Kier molecular flexibility index (Phi) is 7.36. The molecule has 1 aromatic carbocycles. The fourth-order valence-electron chi connectivity index (χ4n) is 4.58. The summed E-state index contributed by atoms with van der Waals surface area (Å²) in [7, 11) is 0. The van der Waals surface area contributed by atoms with Crippen LogP contribution in [0.2, 0.25) is 0 Å². The van der Waals surface area contributed by atoms with Crippen molar-refractivity contribution in [2.45, 2.75) is 32.7 Å². The molecule has 0 bridgehead atoms. The van der Waals surface area contributed by atoms with E-state index in [2.05, 4.69) is 16.8 Å². The number of ether oxygens (including phenoxy) is 1. The van der Waals surface area contributed by atoms with Gasteiger partial charge in [-0.15, -0.1) is 6.58 Å². The maximum Gasteiger partial charge on any atom is 0.338 e. The van der Waals surface area contributed by atoms with Crippen molar-refractivity contribution in [1.82, 2.24) is 20.0 Å². The minimum Gasteiger partial charge on any atom is -0.463 e. The zero-order valence-corrected chi connectivity index (χ0v) is 20.1. The number of carbonyl (C=O) groups is 3. The topological polar surface area (TPSA) is 82.2 Å². The summed E-state index contributed by atoms with van der Waals surface area (Å²) in [4.78, 5) is 44.5. The minimum absolute atomic E-state index is 0.213. The van der Waals surface area contributed by atoms with Crippen molar-refractivity contribution in [3.8, 4) is 0 Å². The Labute approximate surface area is 201 Å². The third-order valence-corrected chi connectivity index (χ3v) is 6.64. The van der Waals surface area contributed by atoms with Crippen molar-refractivity contribution in [3.05, 3.63) is 59.3 Å². The van der Waals surface area contributed by atoms with Crippen LogP contribution in [-0.2, 0) is 14.3 Å². The van der Waals surface area contributed by atoms with Crippen molar-refractivity contribution < 1.29 is 19.1 Å². The molecule has 182 valence electrons. The molecule has 1 N–H and O–H groups in total. The second kappa shape index (κ2) is 10.4. The van der Waals surface area contributed by atoms with E-state index in [0.717, 1.165) is 24.0 Å². The predicted molar refractivity (Wildman–Crippen MR) is 129 cm³/mol. The number of aryl methyl sites for hydroxylation is 1. The molecule has 1 aliphatic carbocycles. The van der Waals surface area contributed by atoms with Gasteiger partial charge in [0, 0.05) is 50.9 Å². The standard InChI is InChI=1S/C26H34N4O4/c1-4-12-30-21(17-28-13-15-29(16-14-28)24(31)20-10-11-20)22(25(32)34-5-2)23(27-26(30)33)19-8-6-18(3)7-9-19/h4,6-9,20,23H,1,5,10-17H2,2-3H3,(H,27,33). The number of amides is 3. The highest BCUT2D eigenvalue weighted by atomic mass is 16.5. The molecule has 1 unspecified atom stereocenters. The zero-order valence-electron chi connectivity index (χ0n) is 20.1. The summed E-state index contributed by atoms with van der Waals surface area (Å²) in [6.07, 6.45) is 3.66. The van der Waals surface area contributed by atoms with Crippen LogP contribution in [0.15, 0.2) is 48.2 Å². The van der Waals surface area contributed by atoms with E-state index in [1.807, 2.05) is 36.1 Å². The molecule has 1 atom stereocenters. The summed E-state index contributed by atoms with van der Waals surface area (Å²) in [5.41, 5.74) is 3.01. The number of benzene rings is 1. The monoisotopic (exact) mass is 466 g/mol. The Balaban J connectivity index is 1.64. The van der Waals surface area contributed by atoms with Gasteiger partial charge in [-0.25, -0.2) is 9.59 Å². The minimum atomic E-state index is -0.596. The third-order valence-electron chi connectivity index (χ3n) is 6.64. The lowest BCUT2D eigenvalue weighted by atomic mass is 9.93. The van der Waals surface area contributed by atoms with E-state index < -0.39 is 12.0 Å². The van der Waals surface area contributed by atoms with E-state index in [0.29, 0.717) is 44.0 Å². The number of hydrogen-bond donors (Lipinski definition) is 1. The lowest BCUT2D eigenvalue weighted by Gasteiger charge is -2.40. The second-order valence-electron chi connectivity index (χ2n) is 9.15. The first-order chi connectivity index (χ1) is 16.4. The quantitative estimate of drug-likeness (QED) is 0.471. The fraction of sp³-hybridized carbons (Fsp3) is 0.500. The number of carbonyl (C=O) groups excluding carboxylic acids is 3. The molecule has 0 spiro atoms. The van der Waals surface area contributed by atoms with Crippen LogP contribution < -0.4 is 5.32 Å². The third kappa shape index (κ3) is 5.17. The lowest BCUT2D eigenvalue weighted by Crippen LogP contribution is -2.54. The van der Waals surface area contributed by atoms with Crippen LogP contribution in [0.25, 0.3) is 0 Å². The van der Waals surface area contributed by atoms with Crippen molar-refractivity contribution in [2.75, 3.05) is 45.9 Å². The van der Waals surface area contributed by atoms with E-state index in [4.69, 9.17) is 4.74 Å². The van der Waals surface area contributed by atoms with Gasteiger partial charge in [0.15, 0.2) is 0 Å². The molecule has 34 heavy (non-hydrogen) atoms. The van der Waals surface area contributed by atoms with Crippen LogP contribution in [-0.4, -0.2) is 78.5 Å². The van der Waals surface area contributed by atoms with Gasteiger partial charge in [-0.2, -0.15) is 0 Å². The van der Waals surface area contributed by atoms with E-state index in [-0.39, 0.29) is 31.0 Å². The first-order valence-electron chi connectivity index (χ1n) is 12.1. The van der Waals surface area contributed by atoms with Crippen molar-refractivity contribution in [1.29, 1.82) is 0 Å². The summed E-state index contributed by atoms with van der Waals surface area (Å²) in [5.74, 6) is 0.0422. The van der Waals surface area contributed by atoms with Gasteiger partial charge < -0.3 is 15.0 Å². The summed E-state index contributed by atoms with van der Waals surface area (Å²) >= 11 is 0. The zero-order chi connectivity index (χ0) is 24.2. The SMILES string of the molecule is C=CCN1C(=O)NC(c2ccc(C)cc2)C(C(=O)OCC)=C1CN1CCN(C(=O)C2CC2)CC1. The van der Waals surface area contributed by atoms with Crippen LogP contribution in [0.1, 0.15) is 36.9 Å². The first kappa shape index (κ1) is 24.0. The maximum atomic E-state index is 13.2. The Hall–Kier alpha value is -3.13. The van der Waals surface area contributed by atoms with Gasteiger partial charge in [-0.1, -0.05) is 35.9 Å². The number of nitrogens with zero attached hydrogens (tertiary/aromatic N) is 3. The Bertz CT molecular complexity index is 975. The molecule has 8 nitrogen and oxygen atoms in total. The van der Waals surface area contributed by atoms with Crippen molar-refractivity contribution >= 4 is 17.9 Å². The highest BCUT2D eigenvalue weighted by Crippen LogP contribution is 2.33. The van der Waals surface area contributed by atoms with Gasteiger partial charge in [0.1, 0.15) is 0 Å². The molecule has 2 fully saturated rings. The van der Waals surface area contributed by atoms with E-state index in [9.17, 15) is 14.4 Å². The molecule has 2 heterocycles. The Morgan fingerprint density at radius 1 is 1.15 bits per heavy atom. The van der Waals surface area contributed by atoms with E-state index in [1.165, 1.54) is 0 Å². The number of urea groups is 1. The van der Waals surface area contributed by atoms with Gasteiger partial charge in [0.05, 0.1) is 18.2 Å². The van der Waals surface area contributed by atoms with Gasteiger partial charge in [-0.05, 0) is 32.3 Å². The van der Waals surface area contributed by atoms with Gasteiger partial charge in [-0.3, -0.25) is 14.6 Å². The van der Waals surface area contributed by atoms with Crippen LogP contribution in [0.5, 0.6) is 0 Å². The van der Waals surface area contributed by atoms with E-state index in [1.54, 1.807) is 17.9 Å². The average Bonchev–Trinajstić information content (AvgIpc) is 3.67. The van der Waals surface area contributed by atoms with Gasteiger partial charge >= 0.3 is 12.0 Å². The molecule has 8 heteroatoms. The van der Waals surface area contributed by atoms with Gasteiger partial charge in [0.2, 0.25) is 5.91 Å². The number of piperazine rings is 1. The second-order valence-corrected chi connectivity index (χ2v) is 9.15. The Morgan fingerprint density at radius 2 is 1.82 bits per heavy atom. The van der Waals surface area contributed by atoms with Gasteiger partial charge in [0.25, 0.3) is 0 Å². The highest BCUT2D eigenvalue weighted by Gasteiger charge is 2.39. The molecule has 2 aliphatic heterocycles. The van der Waals surface area contributed by atoms with Crippen LogP contribution >= 0.6 is 0 Å². The van der Waals surface area contributed by atoms with Crippen molar-refractivity contribution in [3.63, 3.8) is 0 Å². The van der Waals surface area contributed by atoms with Crippen LogP contribution in [0.4, 0.5) is 4.79 Å². The van der Waals surface area contributed by atoms with E-state index >= 15 is 0 Å². The Morgan fingerprint density at radius 3 is 2.41 bits per heavy atom. The molecule has 1 aromatic rings.